The summed E-state index contributed by atoms with van der Waals surface area (Å²) >= 11 is 0. The van der Waals surface area contributed by atoms with Crippen molar-refractivity contribution in [3.63, 3.8) is 0 Å². The van der Waals surface area contributed by atoms with Crippen LogP contribution in [0.4, 0.5) is 0 Å². The van der Waals surface area contributed by atoms with Gasteiger partial charge in [-0.3, -0.25) is 0 Å². The Bertz CT molecular complexity index is 855. The first-order chi connectivity index (χ1) is 19.8. The van der Waals surface area contributed by atoms with Crippen LogP contribution in [0.3, 0.4) is 0 Å². The standard InChI is InChI=1S/C23H40O19/c1-5-9(26)13(30)16(33)22(38-5)42-19-18(12(29)7(2-24)39-20(19)35)41-23-17(34)14(31)11(28)8(40-23)4-37-21-15(32)10(27)6(25)3-36-21/h5-35H,2-4H2,1H3/t5-,6+,7+,8+,9-,10-,11+,12+,13+,14-,15+,16+,17+,18-,19+,20+,21-,22-,23-/m0/s1. The van der Waals surface area contributed by atoms with E-state index in [0.29, 0.717) is 0 Å². The zero-order chi connectivity index (χ0) is 31.0. The third-order valence-electron chi connectivity index (χ3n) is 7.75. The predicted octanol–water partition coefficient (Wildman–Crippen LogP) is -8.08. The lowest BCUT2D eigenvalue weighted by Gasteiger charge is -2.48. The molecule has 4 aliphatic heterocycles. The van der Waals surface area contributed by atoms with Crippen molar-refractivity contribution in [2.24, 2.45) is 0 Å². The van der Waals surface area contributed by atoms with Crippen LogP contribution >= 0.6 is 0 Å². The maximum atomic E-state index is 10.9. The first-order valence-corrected chi connectivity index (χ1v) is 13.4. The van der Waals surface area contributed by atoms with Gasteiger partial charge in [0.1, 0.15) is 85.5 Å². The van der Waals surface area contributed by atoms with E-state index in [1.807, 2.05) is 0 Å². The first-order valence-electron chi connectivity index (χ1n) is 13.4. The maximum Gasteiger partial charge on any atom is 0.187 e. The van der Waals surface area contributed by atoms with Crippen LogP contribution in [0.2, 0.25) is 0 Å². The van der Waals surface area contributed by atoms with Crippen LogP contribution in [-0.2, 0) is 33.2 Å². The fraction of sp³-hybridized carbons (Fsp3) is 1.00. The molecule has 4 rings (SSSR count). The van der Waals surface area contributed by atoms with Crippen molar-refractivity contribution in [3.8, 4) is 0 Å². The Balaban J connectivity index is 1.48. The largest absolute Gasteiger partial charge is 0.394 e. The quantitative estimate of drug-likeness (QED) is 0.120. The van der Waals surface area contributed by atoms with Crippen LogP contribution in [0, 0.1) is 0 Å². The molecule has 0 aromatic rings. The van der Waals surface area contributed by atoms with E-state index in [1.165, 1.54) is 6.92 Å². The number of rotatable bonds is 8. The molecule has 0 aromatic heterocycles. The van der Waals surface area contributed by atoms with Gasteiger partial charge in [-0.25, -0.2) is 0 Å². The van der Waals surface area contributed by atoms with Gasteiger partial charge >= 0.3 is 0 Å². The molecule has 4 heterocycles. The van der Waals surface area contributed by atoms with Gasteiger partial charge in [0, 0.05) is 0 Å². The highest BCUT2D eigenvalue weighted by atomic mass is 16.8. The van der Waals surface area contributed by atoms with Crippen molar-refractivity contribution >= 4 is 0 Å². The summed E-state index contributed by atoms with van der Waals surface area (Å²) in [5, 5.41) is 122. The van der Waals surface area contributed by atoms with E-state index in [2.05, 4.69) is 0 Å². The number of aliphatic hydroxyl groups is 12. The van der Waals surface area contributed by atoms with E-state index in [0.717, 1.165) is 0 Å². The minimum Gasteiger partial charge on any atom is -0.394 e. The summed E-state index contributed by atoms with van der Waals surface area (Å²) in [5.41, 5.74) is 0. The van der Waals surface area contributed by atoms with E-state index < -0.39 is 130 Å². The molecular weight excluding hydrogens is 580 g/mol. The van der Waals surface area contributed by atoms with Crippen molar-refractivity contribution in [1.29, 1.82) is 0 Å². The Labute approximate surface area is 238 Å². The van der Waals surface area contributed by atoms with Gasteiger partial charge in [0.05, 0.1) is 25.9 Å². The molecule has 19 atom stereocenters. The molecule has 0 amide bonds. The molecule has 19 heteroatoms. The number of hydrogen-bond acceptors (Lipinski definition) is 19. The van der Waals surface area contributed by atoms with Crippen molar-refractivity contribution in [2.75, 3.05) is 19.8 Å². The second-order valence-electron chi connectivity index (χ2n) is 10.7. The highest BCUT2D eigenvalue weighted by Gasteiger charge is 2.54. The van der Waals surface area contributed by atoms with Crippen LogP contribution < -0.4 is 0 Å². The monoisotopic (exact) mass is 620 g/mol. The molecule has 0 spiro atoms. The molecule has 246 valence electrons. The van der Waals surface area contributed by atoms with Gasteiger partial charge in [0.2, 0.25) is 0 Å². The zero-order valence-electron chi connectivity index (χ0n) is 22.3. The molecule has 4 aliphatic rings. The van der Waals surface area contributed by atoms with Gasteiger partial charge < -0.3 is 94.4 Å². The van der Waals surface area contributed by atoms with Crippen LogP contribution in [0.25, 0.3) is 0 Å². The van der Waals surface area contributed by atoms with Crippen LogP contribution in [0.15, 0.2) is 0 Å². The average molecular weight is 621 g/mol. The van der Waals surface area contributed by atoms with E-state index in [9.17, 15) is 61.3 Å². The van der Waals surface area contributed by atoms with Crippen molar-refractivity contribution in [2.45, 2.75) is 124 Å². The molecular formula is C23H40O19. The Morgan fingerprint density at radius 3 is 1.79 bits per heavy atom. The average Bonchev–Trinajstić information content (AvgIpc) is 2.96. The lowest BCUT2D eigenvalue weighted by molar-refractivity contribution is -0.388. The fourth-order valence-corrected chi connectivity index (χ4v) is 5.08. The smallest absolute Gasteiger partial charge is 0.187 e. The normalized spacial score (nSPS) is 54.1. The van der Waals surface area contributed by atoms with Gasteiger partial charge in [-0.15, -0.1) is 0 Å². The van der Waals surface area contributed by atoms with Crippen LogP contribution in [-0.4, -0.2) is 198 Å². The third kappa shape index (κ3) is 6.89. The van der Waals surface area contributed by atoms with Gasteiger partial charge in [-0.1, -0.05) is 0 Å². The molecule has 4 fully saturated rings. The lowest BCUT2D eigenvalue weighted by atomic mass is 9.96. The number of aliphatic hydroxyl groups excluding tert-OH is 12. The topological polar surface area (TPSA) is 307 Å². The highest BCUT2D eigenvalue weighted by molar-refractivity contribution is 4.96. The van der Waals surface area contributed by atoms with Gasteiger partial charge in [-0.2, -0.15) is 0 Å². The van der Waals surface area contributed by atoms with Gasteiger partial charge in [0.25, 0.3) is 0 Å². The molecule has 0 aliphatic carbocycles. The molecule has 0 bridgehead atoms. The van der Waals surface area contributed by atoms with Crippen molar-refractivity contribution in [3.05, 3.63) is 0 Å². The van der Waals surface area contributed by atoms with E-state index in [-0.39, 0.29) is 6.61 Å². The summed E-state index contributed by atoms with van der Waals surface area (Å²) in [6, 6.07) is 0. The van der Waals surface area contributed by atoms with Gasteiger partial charge in [-0.05, 0) is 6.92 Å². The predicted molar refractivity (Wildman–Crippen MR) is 126 cm³/mol. The second kappa shape index (κ2) is 14.1. The lowest BCUT2D eigenvalue weighted by Crippen LogP contribution is -2.66. The van der Waals surface area contributed by atoms with Crippen LogP contribution in [0.5, 0.6) is 0 Å². The molecule has 42 heavy (non-hydrogen) atoms. The van der Waals surface area contributed by atoms with E-state index in [1.54, 1.807) is 0 Å². The fourth-order valence-electron chi connectivity index (χ4n) is 5.08. The molecule has 0 saturated carbocycles. The molecule has 19 nitrogen and oxygen atoms in total. The minimum absolute atomic E-state index is 0.379. The summed E-state index contributed by atoms with van der Waals surface area (Å²) < 4.78 is 37.8. The molecule has 12 N–H and O–H groups in total. The van der Waals surface area contributed by atoms with Crippen LogP contribution in [0.1, 0.15) is 6.92 Å². The molecule has 0 radical (unpaired) electrons. The second-order valence-corrected chi connectivity index (χ2v) is 10.7. The van der Waals surface area contributed by atoms with Crippen molar-refractivity contribution in [1.82, 2.24) is 0 Å². The summed E-state index contributed by atoms with van der Waals surface area (Å²) in [6.07, 6.45) is -31.5. The summed E-state index contributed by atoms with van der Waals surface area (Å²) in [6.45, 7) is -0.426. The summed E-state index contributed by atoms with van der Waals surface area (Å²) in [7, 11) is 0. The molecule has 0 aromatic carbocycles. The number of ether oxygens (including phenoxy) is 7. The highest BCUT2D eigenvalue weighted by Crippen LogP contribution is 2.33. The Morgan fingerprint density at radius 2 is 1.14 bits per heavy atom. The SMILES string of the molecule is C[C@@H]1O[C@@H](O[C@@H]2[C@@H](O[C@@H]3O[C@H](CO[C@@H]4OC[C@@H](O)[C@H](O)[C@H]4O)[C@@H](O)[C@H](O)[C@H]3O)[C@H](O)[C@@H](CO)O[C@H]2O)[C@H](O)[C@H](O)[C@H]1O. The summed E-state index contributed by atoms with van der Waals surface area (Å²) in [4.78, 5) is 0. The third-order valence-corrected chi connectivity index (χ3v) is 7.75. The number of hydrogen-bond donors (Lipinski definition) is 12. The van der Waals surface area contributed by atoms with Crippen molar-refractivity contribution < 1.29 is 94.4 Å². The van der Waals surface area contributed by atoms with E-state index >= 15 is 0 Å². The zero-order valence-corrected chi connectivity index (χ0v) is 22.3. The maximum absolute atomic E-state index is 10.9. The van der Waals surface area contributed by atoms with Gasteiger partial charge in [0.15, 0.2) is 25.2 Å². The Kier molecular flexibility index (Phi) is 11.5. The molecule has 0 unspecified atom stereocenters. The van der Waals surface area contributed by atoms with E-state index in [4.69, 9.17) is 33.2 Å². The minimum atomic E-state index is -1.96. The summed E-state index contributed by atoms with van der Waals surface area (Å²) in [5.74, 6) is 0. The first kappa shape index (κ1) is 34.1. The Hall–Kier alpha value is -0.760. The Morgan fingerprint density at radius 1 is 0.571 bits per heavy atom. The molecule has 4 saturated heterocycles.